The maximum absolute atomic E-state index is 13.4. The zero-order valence-corrected chi connectivity index (χ0v) is 18.0. The van der Waals surface area contributed by atoms with Crippen molar-refractivity contribution in [3.63, 3.8) is 0 Å². The predicted molar refractivity (Wildman–Crippen MR) is 117 cm³/mol. The number of carbonyl (C=O) groups is 4. The summed E-state index contributed by atoms with van der Waals surface area (Å²) in [5, 5.41) is 12.8. The summed E-state index contributed by atoms with van der Waals surface area (Å²) in [7, 11) is 0. The van der Waals surface area contributed by atoms with Crippen molar-refractivity contribution in [3.8, 4) is 0 Å². The van der Waals surface area contributed by atoms with E-state index in [1.807, 2.05) is 6.92 Å². The van der Waals surface area contributed by atoms with Crippen molar-refractivity contribution < 1.29 is 24.1 Å². The molecule has 2 aromatic carbocycles. The van der Waals surface area contributed by atoms with Gasteiger partial charge in [0.15, 0.2) is 5.78 Å². The minimum Gasteiger partial charge on any atom is -0.292 e. The highest BCUT2D eigenvalue weighted by Crippen LogP contribution is 2.41. The molecular weight excluding hydrogens is 426 g/mol. The van der Waals surface area contributed by atoms with Crippen LogP contribution in [0.4, 0.5) is 5.69 Å². The van der Waals surface area contributed by atoms with E-state index in [1.165, 1.54) is 18.2 Å². The molecule has 33 heavy (non-hydrogen) atoms. The lowest BCUT2D eigenvalue weighted by Crippen LogP contribution is -2.52. The third kappa shape index (κ3) is 4.26. The van der Waals surface area contributed by atoms with Gasteiger partial charge in [0.2, 0.25) is 0 Å². The van der Waals surface area contributed by atoms with Crippen LogP contribution in [0.15, 0.2) is 54.6 Å². The van der Waals surface area contributed by atoms with Gasteiger partial charge in [0.05, 0.1) is 16.8 Å². The molecule has 1 aliphatic carbocycles. The van der Waals surface area contributed by atoms with Gasteiger partial charge in [-0.25, -0.2) is 5.01 Å². The minimum atomic E-state index is -0.823. The molecule has 4 rings (SSSR count). The average Bonchev–Trinajstić information content (AvgIpc) is 3.06. The van der Waals surface area contributed by atoms with Crippen molar-refractivity contribution in [2.45, 2.75) is 26.2 Å². The number of nitro benzene ring substituents is 1. The number of hydrogen-bond acceptors (Lipinski definition) is 6. The number of imide groups is 1. The number of rotatable bonds is 6. The maximum atomic E-state index is 13.4. The van der Waals surface area contributed by atoms with Gasteiger partial charge in [0.1, 0.15) is 6.54 Å². The molecule has 1 heterocycles. The monoisotopic (exact) mass is 449 g/mol. The van der Waals surface area contributed by atoms with E-state index in [4.69, 9.17) is 0 Å². The number of Topliss-reactive ketones (excluding diaryl/α,β-unsaturated/α-hetero) is 1. The third-order valence-corrected chi connectivity index (χ3v) is 6.33. The molecule has 3 atom stereocenters. The van der Waals surface area contributed by atoms with Crippen LogP contribution in [-0.2, 0) is 9.59 Å². The maximum Gasteiger partial charge on any atom is 0.273 e. The molecule has 1 aliphatic heterocycles. The first-order valence-electron chi connectivity index (χ1n) is 10.8. The lowest BCUT2D eigenvalue weighted by atomic mass is 9.76. The van der Waals surface area contributed by atoms with Gasteiger partial charge < -0.3 is 0 Å². The van der Waals surface area contributed by atoms with Gasteiger partial charge in [0.25, 0.3) is 23.4 Å². The van der Waals surface area contributed by atoms with Crippen molar-refractivity contribution >= 4 is 29.2 Å². The van der Waals surface area contributed by atoms with Crippen LogP contribution in [0.5, 0.6) is 0 Å². The fourth-order valence-electron chi connectivity index (χ4n) is 4.60. The Morgan fingerprint density at radius 3 is 2.36 bits per heavy atom. The Balaban J connectivity index is 1.71. The Morgan fingerprint density at radius 2 is 1.67 bits per heavy atom. The second kappa shape index (κ2) is 8.93. The van der Waals surface area contributed by atoms with Crippen LogP contribution in [0, 0.1) is 27.9 Å². The summed E-state index contributed by atoms with van der Waals surface area (Å²) in [6.07, 6.45) is 1.88. The lowest BCUT2D eigenvalue weighted by Gasteiger charge is -2.30. The Hall–Kier alpha value is -3.88. The third-order valence-electron chi connectivity index (χ3n) is 6.33. The van der Waals surface area contributed by atoms with E-state index in [0.717, 1.165) is 22.5 Å². The number of benzene rings is 2. The van der Waals surface area contributed by atoms with Crippen LogP contribution >= 0.6 is 0 Å². The number of non-ortho nitro benzene ring substituents is 1. The second-order valence-electron chi connectivity index (χ2n) is 8.58. The molecule has 0 aromatic heterocycles. The normalized spacial score (nSPS) is 22.1. The van der Waals surface area contributed by atoms with Crippen molar-refractivity contribution in [3.05, 3.63) is 75.8 Å². The number of amides is 3. The molecule has 3 amide bonds. The van der Waals surface area contributed by atoms with E-state index in [9.17, 15) is 29.3 Å². The standard InChI is InChI=1S/C24H23N3O6/c1-15-10-11-19-20(12-15)24(31)26(23(19)30)25(14-21(28)16-6-3-2-4-7-16)22(29)17-8-5-9-18(13-17)27(32)33/h2-9,13,15,19-20H,10-12,14H2,1H3/t15-,19-,20-/m1/s1. The molecule has 0 N–H and O–H groups in total. The first kappa shape index (κ1) is 22.3. The lowest BCUT2D eigenvalue weighted by molar-refractivity contribution is -0.384. The average molecular weight is 449 g/mol. The summed E-state index contributed by atoms with van der Waals surface area (Å²) in [5.41, 5.74) is -0.0786. The van der Waals surface area contributed by atoms with Gasteiger partial charge in [-0.05, 0) is 31.2 Å². The molecule has 0 spiro atoms. The highest BCUT2D eigenvalue weighted by Gasteiger charge is 2.52. The summed E-state index contributed by atoms with van der Waals surface area (Å²) in [6.45, 7) is 1.47. The predicted octanol–water partition coefficient (Wildman–Crippen LogP) is 3.26. The number of nitro groups is 1. The van der Waals surface area contributed by atoms with Gasteiger partial charge in [-0.15, -0.1) is 0 Å². The van der Waals surface area contributed by atoms with Crippen molar-refractivity contribution in [1.82, 2.24) is 10.0 Å². The van der Waals surface area contributed by atoms with Crippen LogP contribution in [0.1, 0.15) is 46.9 Å². The van der Waals surface area contributed by atoms with Gasteiger partial charge in [0, 0.05) is 23.3 Å². The molecule has 2 aromatic rings. The largest absolute Gasteiger partial charge is 0.292 e. The summed E-state index contributed by atoms with van der Waals surface area (Å²) in [5.74, 6) is -3.08. The topological polar surface area (TPSA) is 118 Å². The highest BCUT2D eigenvalue weighted by molar-refractivity contribution is 6.09. The fourth-order valence-corrected chi connectivity index (χ4v) is 4.60. The van der Waals surface area contributed by atoms with Crippen molar-refractivity contribution in [2.24, 2.45) is 17.8 Å². The van der Waals surface area contributed by atoms with E-state index in [2.05, 4.69) is 0 Å². The number of hydrogen-bond donors (Lipinski definition) is 0. The van der Waals surface area contributed by atoms with Crippen LogP contribution in [0.3, 0.4) is 0 Å². The van der Waals surface area contributed by atoms with E-state index in [-0.39, 0.29) is 17.2 Å². The van der Waals surface area contributed by atoms with E-state index in [0.29, 0.717) is 18.4 Å². The molecule has 9 heteroatoms. The molecule has 0 bridgehead atoms. The summed E-state index contributed by atoms with van der Waals surface area (Å²) in [6, 6.07) is 13.2. The van der Waals surface area contributed by atoms with Gasteiger partial charge >= 0.3 is 0 Å². The second-order valence-corrected chi connectivity index (χ2v) is 8.58. The van der Waals surface area contributed by atoms with E-state index in [1.54, 1.807) is 30.3 Å². The fraction of sp³-hybridized carbons (Fsp3) is 0.333. The summed E-state index contributed by atoms with van der Waals surface area (Å²) >= 11 is 0. The van der Waals surface area contributed by atoms with Gasteiger partial charge in [-0.3, -0.25) is 29.3 Å². The summed E-state index contributed by atoms with van der Waals surface area (Å²) < 4.78 is 0. The van der Waals surface area contributed by atoms with Gasteiger partial charge in [-0.1, -0.05) is 43.3 Å². The first-order valence-corrected chi connectivity index (χ1v) is 10.8. The number of nitrogens with zero attached hydrogens (tertiary/aromatic N) is 3. The number of fused-ring (bicyclic) bond motifs is 1. The molecule has 1 saturated heterocycles. The number of ketones is 1. The molecular formula is C24H23N3O6. The number of carbonyl (C=O) groups excluding carboxylic acids is 4. The quantitative estimate of drug-likeness (QED) is 0.289. The zero-order chi connectivity index (χ0) is 23.7. The molecule has 0 radical (unpaired) electrons. The minimum absolute atomic E-state index is 0.0890. The zero-order valence-electron chi connectivity index (χ0n) is 18.0. The van der Waals surface area contributed by atoms with Crippen LogP contribution in [-0.4, -0.2) is 45.0 Å². The summed E-state index contributed by atoms with van der Waals surface area (Å²) in [4.78, 5) is 63.4. The van der Waals surface area contributed by atoms with E-state index >= 15 is 0 Å². The first-order chi connectivity index (χ1) is 15.8. The van der Waals surface area contributed by atoms with Crippen LogP contribution in [0.25, 0.3) is 0 Å². The highest BCUT2D eigenvalue weighted by atomic mass is 16.6. The van der Waals surface area contributed by atoms with Crippen LogP contribution in [0.2, 0.25) is 0 Å². The van der Waals surface area contributed by atoms with Gasteiger partial charge in [-0.2, -0.15) is 5.01 Å². The molecule has 2 aliphatic rings. The molecule has 0 unspecified atom stereocenters. The smallest absolute Gasteiger partial charge is 0.273 e. The molecule has 9 nitrogen and oxygen atoms in total. The Labute approximate surface area is 190 Å². The molecule has 2 fully saturated rings. The Kier molecular flexibility index (Phi) is 6.04. The van der Waals surface area contributed by atoms with E-state index < -0.39 is 46.8 Å². The Bertz CT molecular complexity index is 1130. The SMILES string of the molecule is C[C@@H]1CC[C@H]2C(=O)N(N(CC(=O)c3ccccc3)C(=O)c3cccc([N+](=O)[O-])c3)C(=O)[C@@H]2C1. The molecule has 170 valence electrons. The Morgan fingerprint density at radius 1 is 1.00 bits per heavy atom. The van der Waals surface area contributed by atoms with Crippen molar-refractivity contribution in [1.29, 1.82) is 0 Å². The van der Waals surface area contributed by atoms with Crippen molar-refractivity contribution in [2.75, 3.05) is 6.54 Å². The number of hydrazine groups is 1. The molecule has 1 saturated carbocycles. The van der Waals surface area contributed by atoms with Crippen LogP contribution < -0.4 is 0 Å².